The Balaban J connectivity index is 2.15. The maximum atomic E-state index is 14.4. The van der Waals surface area contributed by atoms with Crippen molar-refractivity contribution in [2.24, 2.45) is 0 Å². The number of unbranched alkanes of at least 4 members (excludes halogenated alkanes) is 1. The first-order valence-electron chi connectivity index (χ1n) is 10.4. The van der Waals surface area contributed by atoms with Crippen molar-refractivity contribution in [3.63, 3.8) is 0 Å². The number of alkyl halides is 3. The van der Waals surface area contributed by atoms with Crippen molar-refractivity contribution in [2.45, 2.75) is 32.5 Å². The molecule has 2 rings (SSSR count). The molecule has 3 N–H and O–H groups in total. The molecule has 0 atom stereocenters. The zero-order valence-corrected chi connectivity index (χ0v) is 19.8. The molecule has 0 aliphatic rings. The number of amides is 1. The van der Waals surface area contributed by atoms with Gasteiger partial charge in [0.05, 0.1) is 17.5 Å². The maximum Gasteiger partial charge on any atom is 0.433 e. The molecular weight excluding hydrogens is 488 g/mol. The summed E-state index contributed by atoms with van der Waals surface area (Å²) >= 11 is 0. The van der Waals surface area contributed by atoms with Gasteiger partial charge in [-0.05, 0) is 42.3 Å². The van der Waals surface area contributed by atoms with Crippen molar-refractivity contribution < 1.29 is 30.8 Å². The molecule has 0 unspecified atom stereocenters. The highest BCUT2D eigenvalue weighted by atomic mass is 32.2. The Labute approximate surface area is 201 Å². The zero-order chi connectivity index (χ0) is 26.2. The van der Waals surface area contributed by atoms with E-state index >= 15 is 0 Å². The summed E-state index contributed by atoms with van der Waals surface area (Å²) in [4.78, 5) is 15.9. The maximum absolute atomic E-state index is 14.4. The molecular formula is C23H24F4N4O3S. The summed E-state index contributed by atoms with van der Waals surface area (Å²) in [5.74, 6) is 0.662. The van der Waals surface area contributed by atoms with Gasteiger partial charge in [0.15, 0.2) is 0 Å². The highest BCUT2D eigenvalue weighted by molar-refractivity contribution is 7.92. The second-order valence-corrected chi connectivity index (χ2v) is 9.23. The van der Waals surface area contributed by atoms with Crippen LogP contribution in [0.15, 0.2) is 30.3 Å². The topological polar surface area (TPSA) is 100 Å². The number of rotatable bonds is 10. The summed E-state index contributed by atoms with van der Waals surface area (Å²) in [5.41, 5.74) is -0.926. The molecule has 1 amide bonds. The average molecular weight is 513 g/mol. The molecule has 0 saturated carbocycles. The first-order valence-corrected chi connectivity index (χ1v) is 12.3. The van der Waals surface area contributed by atoms with Crippen molar-refractivity contribution in [1.29, 1.82) is 0 Å². The first-order chi connectivity index (χ1) is 16.3. The molecule has 188 valence electrons. The van der Waals surface area contributed by atoms with E-state index in [0.717, 1.165) is 37.3 Å². The molecule has 0 radical (unpaired) electrons. The lowest BCUT2D eigenvalue weighted by Crippen LogP contribution is -2.21. The standard InChI is InChI=1S/C23H24F4N4O3S/c1-4-6-11-28-22-17(7-9-19(30-22)23(25,26)27)8-10-20(32)29-14-15-12-16(5-2)21(18(24)13-15)31-35(3,33)34/h2,7-10,12-13,31H,4,6,11,14H2,1,3H3,(H,28,30)(H,29,32). The molecule has 1 aromatic heterocycles. The number of hydrogen-bond donors (Lipinski definition) is 3. The Hall–Kier alpha value is -3.59. The van der Waals surface area contributed by atoms with Gasteiger partial charge in [-0.15, -0.1) is 6.42 Å². The second-order valence-electron chi connectivity index (χ2n) is 7.48. The second kappa shape index (κ2) is 11.7. The van der Waals surface area contributed by atoms with E-state index in [0.29, 0.717) is 6.54 Å². The highest BCUT2D eigenvalue weighted by Gasteiger charge is 2.32. The lowest BCUT2D eigenvalue weighted by atomic mass is 10.1. The van der Waals surface area contributed by atoms with Crippen molar-refractivity contribution in [2.75, 3.05) is 22.8 Å². The van der Waals surface area contributed by atoms with Crippen LogP contribution >= 0.6 is 0 Å². The van der Waals surface area contributed by atoms with Crippen LogP contribution in [-0.4, -0.2) is 32.1 Å². The largest absolute Gasteiger partial charge is 0.433 e. The van der Waals surface area contributed by atoms with Crippen molar-refractivity contribution >= 4 is 33.5 Å². The number of anilines is 2. The smallest absolute Gasteiger partial charge is 0.370 e. The van der Waals surface area contributed by atoms with Gasteiger partial charge >= 0.3 is 6.18 Å². The van der Waals surface area contributed by atoms with Crippen LogP contribution < -0.4 is 15.4 Å². The molecule has 0 bridgehead atoms. The van der Waals surface area contributed by atoms with Crippen LogP contribution in [0, 0.1) is 18.2 Å². The molecule has 0 fully saturated rings. The number of halogens is 4. The van der Waals surface area contributed by atoms with Crippen LogP contribution in [0.25, 0.3) is 6.08 Å². The SMILES string of the molecule is C#Cc1cc(CNC(=O)C=Cc2ccc(C(F)(F)F)nc2NCCCC)cc(F)c1NS(C)(=O)=O. The third-order valence-corrected chi connectivity index (χ3v) is 5.09. The Kier molecular flexibility index (Phi) is 9.25. The molecule has 0 aliphatic heterocycles. The molecule has 12 heteroatoms. The van der Waals surface area contributed by atoms with Crippen LogP contribution in [0.3, 0.4) is 0 Å². The fraction of sp³-hybridized carbons (Fsp3) is 0.304. The zero-order valence-electron chi connectivity index (χ0n) is 19.0. The van der Waals surface area contributed by atoms with E-state index in [1.165, 1.54) is 18.2 Å². The van der Waals surface area contributed by atoms with E-state index in [1.54, 1.807) is 0 Å². The molecule has 0 spiro atoms. The highest BCUT2D eigenvalue weighted by Crippen LogP contribution is 2.30. The summed E-state index contributed by atoms with van der Waals surface area (Å²) in [6.45, 7) is 2.20. The first kappa shape index (κ1) is 27.7. The number of aromatic nitrogens is 1. The predicted molar refractivity (Wildman–Crippen MR) is 126 cm³/mol. The molecule has 1 aromatic carbocycles. The van der Waals surface area contributed by atoms with E-state index in [9.17, 15) is 30.8 Å². The molecule has 2 aromatic rings. The van der Waals surface area contributed by atoms with E-state index < -0.39 is 33.6 Å². The Morgan fingerprint density at radius 2 is 1.97 bits per heavy atom. The Morgan fingerprint density at radius 1 is 1.26 bits per heavy atom. The fourth-order valence-electron chi connectivity index (χ4n) is 2.87. The number of nitrogens with one attached hydrogen (secondary N) is 3. The number of carbonyl (C=O) groups is 1. The molecule has 1 heterocycles. The Morgan fingerprint density at radius 3 is 2.57 bits per heavy atom. The van der Waals surface area contributed by atoms with Crippen molar-refractivity contribution in [3.05, 3.63) is 58.5 Å². The van der Waals surface area contributed by atoms with Crippen molar-refractivity contribution in [1.82, 2.24) is 10.3 Å². The van der Waals surface area contributed by atoms with Gasteiger partial charge in [0, 0.05) is 24.7 Å². The van der Waals surface area contributed by atoms with Crippen molar-refractivity contribution in [3.8, 4) is 12.3 Å². The summed E-state index contributed by atoms with van der Waals surface area (Å²) in [6, 6.07) is 4.39. The third-order valence-electron chi connectivity index (χ3n) is 4.51. The third kappa shape index (κ3) is 8.60. The van der Waals surface area contributed by atoms with E-state index in [2.05, 4.69) is 21.5 Å². The lowest BCUT2D eigenvalue weighted by Gasteiger charge is -2.12. The number of nitrogens with zero attached hydrogens (tertiary/aromatic N) is 1. The Bertz CT molecular complexity index is 1250. The van der Waals surface area contributed by atoms with Gasteiger partial charge in [0.2, 0.25) is 15.9 Å². The van der Waals surface area contributed by atoms with Crippen LogP contribution in [0.2, 0.25) is 0 Å². The lowest BCUT2D eigenvalue weighted by molar-refractivity contribution is -0.141. The van der Waals surface area contributed by atoms with Gasteiger partial charge in [-0.3, -0.25) is 9.52 Å². The normalized spacial score (nSPS) is 11.8. The van der Waals surface area contributed by atoms with E-state index in [4.69, 9.17) is 6.42 Å². The minimum atomic E-state index is -4.61. The quantitative estimate of drug-likeness (QED) is 0.192. The predicted octanol–water partition coefficient (Wildman–Crippen LogP) is 4.13. The van der Waals surface area contributed by atoms with Gasteiger partial charge in [0.25, 0.3) is 0 Å². The summed E-state index contributed by atoms with van der Waals surface area (Å²) in [6.07, 6.45) is 5.54. The van der Waals surface area contributed by atoms with Crippen LogP contribution in [0.4, 0.5) is 29.1 Å². The van der Waals surface area contributed by atoms with Gasteiger partial charge in [-0.25, -0.2) is 17.8 Å². The van der Waals surface area contributed by atoms with E-state index in [1.807, 2.05) is 11.6 Å². The van der Waals surface area contributed by atoms with Crippen LogP contribution in [0.5, 0.6) is 0 Å². The molecule has 0 aliphatic carbocycles. The number of terminal acetylenes is 1. The number of carbonyl (C=O) groups excluding carboxylic acids is 1. The molecule has 0 saturated heterocycles. The number of benzene rings is 1. The number of sulfonamides is 1. The van der Waals surface area contributed by atoms with E-state index in [-0.39, 0.29) is 34.7 Å². The van der Waals surface area contributed by atoms with Gasteiger partial charge in [-0.1, -0.05) is 19.3 Å². The molecule has 35 heavy (non-hydrogen) atoms. The fourth-order valence-corrected chi connectivity index (χ4v) is 3.45. The summed E-state index contributed by atoms with van der Waals surface area (Å²) in [5, 5.41) is 5.35. The number of hydrogen-bond acceptors (Lipinski definition) is 5. The summed E-state index contributed by atoms with van der Waals surface area (Å²) in [7, 11) is -3.76. The van der Waals surface area contributed by atoms with Gasteiger partial charge in [0.1, 0.15) is 17.3 Å². The summed E-state index contributed by atoms with van der Waals surface area (Å²) < 4.78 is 78.2. The monoisotopic (exact) mass is 512 g/mol. The van der Waals surface area contributed by atoms with Crippen LogP contribution in [0.1, 0.15) is 42.1 Å². The molecule has 7 nitrogen and oxygen atoms in total. The minimum Gasteiger partial charge on any atom is -0.370 e. The van der Waals surface area contributed by atoms with Crippen LogP contribution in [-0.2, 0) is 27.5 Å². The minimum absolute atomic E-state index is 0.00739. The van der Waals surface area contributed by atoms with Gasteiger partial charge < -0.3 is 10.6 Å². The average Bonchev–Trinajstić information content (AvgIpc) is 2.76. The van der Waals surface area contributed by atoms with Gasteiger partial charge in [-0.2, -0.15) is 13.2 Å². The number of pyridine rings is 1.